The molecule has 2 rings (SSSR count). The number of nitrogens with two attached hydrogens (primary N) is 1. The highest BCUT2D eigenvalue weighted by molar-refractivity contribution is 5.90. The van der Waals surface area contributed by atoms with E-state index in [4.69, 9.17) is 15.7 Å². The summed E-state index contributed by atoms with van der Waals surface area (Å²) in [6.45, 7) is 1.98. The van der Waals surface area contributed by atoms with Crippen molar-refractivity contribution in [2.45, 2.75) is 31.9 Å². The van der Waals surface area contributed by atoms with Crippen molar-refractivity contribution in [1.82, 2.24) is 0 Å². The number of carboxylic acids is 1. The molecule has 0 aromatic carbocycles. The molecule has 0 saturated heterocycles. The van der Waals surface area contributed by atoms with Gasteiger partial charge in [0.15, 0.2) is 0 Å². The van der Waals surface area contributed by atoms with Crippen LogP contribution in [-0.2, 0) is 9.63 Å². The van der Waals surface area contributed by atoms with Crippen molar-refractivity contribution in [2.24, 2.45) is 22.7 Å². The largest absolute Gasteiger partial charge is 0.481 e. The van der Waals surface area contributed by atoms with Crippen LogP contribution in [0.25, 0.3) is 0 Å². The average Bonchev–Trinajstić information content (AvgIpc) is 2.66. The molecule has 1 fully saturated rings. The first-order valence-electron chi connectivity index (χ1n) is 4.86. The summed E-state index contributed by atoms with van der Waals surface area (Å²) < 4.78 is 0. The molecule has 0 aromatic heterocycles. The fourth-order valence-electron chi connectivity index (χ4n) is 2.36. The molecule has 14 heavy (non-hydrogen) atoms. The maximum absolute atomic E-state index is 10.9. The van der Waals surface area contributed by atoms with Crippen LogP contribution in [-0.4, -0.2) is 28.9 Å². The van der Waals surface area contributed by atoms with E-state index in [2.05, 4.69) is 5.16 Å². The van der Waals surface area contributed by atoms with E-state index in [1.54, 1.807) is 0 Å². The van der Waals surface area contributed by atoms with Gasteiger partial charge in [0, 0.05) is 12.5 Å². The van der Waals surface area contributed by atoms with Crippen LogP contribution in [0.4, 0.5) is 0 Å². The molecule has 2 unspecified atom stereocenters. The summed E-state index contributed by atoms with van der Waals surface area (Å²) in [5.74, 6) is -1.30. The smallest absolute Gasteiger partial charge is 0.308 e. The number of rotatable bonds is 2. The highest BCUT2D eigenvalue weighted by Crippen LogP contribution is 2.38. The van der Waals surface area contributed by atoms with Gasteiger partial charge in [0.1, 0.15) is 6.10 Å². The molecule has 0 amide bonds. The van der Waals surface area contributed by atoms with Gasteiger partial charge in [0.05, 0.1) is 17.5 Å². The van der Waals surface area contributed by atoms with Crippen molar-refractivity contribution in [1.29, 1.82) is 0 Å². The second-order valence-electron chi connectivity index (χ2n) is 3.86. The summed E-state index contributed by atoms with van der Waals surface area (Å²) in [6.07, 6.45) is 1.15. The molecule has 1 aliphatic heterocycles. The summed E-state index contributed by atoms with van der Waals surface area (Å²) in [4.78, 5) is 16.0. The lowest BCUT2D eigenvalue weighted by molar-refractivity contribution is -0.142. The summed E-state index contributed by atoms with van der Waals surface area (Å²) in [7, 11) is 0. The van der Waals surface area contributed by atoms with Crippen LogP contribution in [0.2, 0.25) is 0 Å². The lowest BCUT2D eigenvalue weighted by Gasteiger charge is -2.15. The second-order valence-corrected chi connectivity index (χ2v) is 3.86. The standard InChI is InChI=1S/C9H14N2O3/c1-2-5-7-6(14-11-5)3-4(8(7)10)9(12)13/h4,6-8H,2-3,10H2,1H3,(H,12,13)/t4?,6-,7-,8?/m0/s1. The van der Waals surface area contributed by atoms with Crippen molar-refractivity contribution in [3.63, 3.8) is 0 Å². The van der Waals surface area contributed by atoms with Crippen LogP contribution in [0.5, 0.6) is 0 Å². The molecular weight excluding hydrogens is 184 g/mol. The van der Waals surface area contributed by atoms with Gasteiger partial charge in [-0.3, -0.25) is 4.79 Å². The number of carboxylic acid groups (broad SMARTS) is 1. The summed E-state index contributed by atoms with van der Waals surface area (Å²) in [5, 5.41) is 12.8. The third kappa shape index (κ3) is 1.19. The van der Waals surface area contributed by atoms with Crippen LogP contribution in [0.15, 0.2) is 5.16 Å². The molecule has 78 valence electrons. The lowest BCUT2D eigenvalue weighted by atomic mass is 9.93. The minimum Gasteiger partial charge on any atom is -0.481 e. The van der Waals surface area contributed by atoms with Crippen molar-refractivity contribution in [2.75, 3.05) is 0 Å². The van der Waals surface area contributed by atoms with E-state index in [0.29, 0.717) is 6.42 Å². The molecule has 0 bridgehead atoms. The van der Waals surface area contributed by atoms with Gasteiger partial charge in [-0.15, -0.1) is 0 Å². The molecule has 5 nitrogen and oxygen atoms in total. The second kappa shape index (κ2) is 3.24. The Labute approximate surface area is 81.9 Å². The van der Waals surface area contributed by atoms with E-state index in [1.165, 1.54) is 0 Å². The predicted molar refractivity (Wildman–Crippen MR) is 49.8 cm³/mol. The fourth-order valence-corrected chi connectivity index (χ4v) is 2.36. The molecule has 0 spiro atoms. The van der Waals surface area contributed by atoms with E-state index in [9.17, 15) is 4.79 Å². The van der Waals surface area contributed by atoms with E-state index in [-0.39, 0.29) is 18.1 Å². The van der Waals surface area contributed by atoms with Crippen molar-refractivity contribution >= 4 is 11.7 Å². The van der Waals surface area contributed by atoms with Gasteiger partial charge in [-0.05, 0) is 6.42 Å². The van der Waals surface area contributed by atoms with Gasteiger partial charge in [-0.1, -0.05) is 12.1 Å². The SMILES string of the molecule is CCC1=NO[C@H]2CC(C(=O)O)C(N)[C@@H]12. The Bertz CT molecular complexity index is 290. The molecule has 2 aliphatic rings. The van der Waals surface area contributed by atoms with Gasteiger partial charge in [-0.2, -0.15) is 0 Å². The number of carbonyl (C=O) groups is 1. The van der Waals surface area contributed by atoms with Crippen LogP contribution < -0.4 is 5.73 Å². The molecule has 1 saturated carbocycles. The Kier molecular flexibility index (Phi) is 2.19. The van der Waals surface area contributed by atoms with E-state index in [0.717, 1.165) is 12.1 Å². The van der Waals surface area contributed by atoms with Crippen molar-refractivity contribution in [3.8, 4) is 0 Å². The molecule has 3 N–H and O–H groups in total. The maximum atomic E-state index is 10.9. The van der Waals surface area contributed by atoms with Crippen LogP contribution in [0.1, 0.15) is 19.8 Å². The zero-order valence-electron chi connectivity index (χ0n) is 8.01. The van der Waals surface area contributed by atoms with Crippen molar-refractivity contribution < 1.29 is 14.7 Å². The molecular formula is C9H14N2O3. The van der Waals surface area contributed by atoms with E-state index >= 15 is 0 Å². The quantitative estimate of drug-likeness (QED) is 0.663. The monoisotopic (exact) mass is 198 g/mol. The number of oxime groups is 1. The normalized spacial score (nSPS) is 40.3. The first kappa shape index (κ1) is 9.45. The summed E-state index contributed by atoms with van der Waals surface area (Å²) in [5.41, 5.74) is 6.80. The minimum absolute atomic E-state index is 0.0149. The number of aliphatic carboxylic acids is 1. The summed E-state index contributed by atoms with van der Waals surface area (Å²) >= 11 is 0. The highest BCUT2D eigenvalue weighted by atomic mass is 16.6. The van der Waals surface area contributed by atoms with Crippen LogP contribution >= 0.6 is 0 Å². The number of hydrogen-bond donors (Lipinski definition) is 2. The molecule has 5 heteroatoms. The van der Waals surface area contributed by atoms with Crippen molar-refractivity contribution in [3.05, 3.63) is 0 Å². The lowest BCUT2D eigenvalue weighted by Crippen LogP contribution is -2.39. The Morgan fingerprint density at radius 1 is 1.79 bits per heavy atom. The molecule has 1 heterocycles. The number of fused-ring (bicyclic) bond motifs is 1. The summed E-state index contributed by atoms with van der Waals surface area (Å²) in [6, 6.07) is -0.348. The minimum atomic E-state index is -0.828. The topological polar surface area (TPSA) is 84.9 Å². The zero-order chi connectivity index (χ0) is 10.3. The average molecular weight is 198 g/mol. The Morgan fingerprint density at radius 3 is 3.07 bits per heavy atom. The van der Waals surface area contributed by atoms with Gasteiger partial charge in [0.2, 0.25) is 0 Å². The first-order chi connectivity index (χ1) is 6.65. The van der Waals surface area contributed by atoms with E-state index < -0.39 is 11.9 Å². The molecule has 1 aliphatic carbocycles. The van der Waals surface area contributed by atoms with Gasteiger partial charge in [0.25, 0.3) is 0 Å². The first-order valence-corrected chi connectivity index (χ1v) is 4.86. The van der Waals surface area contributed by atoms with Crippen LogP contribution in [0.3, 0.4) is 0 Å². The zero-order valence-corrected chi connectivity index (χ0v) is 8.01. The Morgan fingerprint density at radius 2 is 2.50 bits per heavy atom. The number of hydrogen-bond acceptors (Lipinski definition) is 4. The van der Waals surface area contributed by atoms with Gasteiger partial charge < -0.3 is 15.7 Å². The van der Waals surface area contributed by atoms with Gasteiger partial charge >= 0.3 is 5.97 Å². The van der Waals surface area contributed by atoms with Gasteiger partial charge in [-0.25, -0.2) is 0 Å². The third-order valence-electron chi connectivity index (χ3n) is 3.14. The highest BCUT2D eigenvalue weighted by Gasteiger charge is 2.50. The van der Waals surface area contributed by atoms with E-state index in [1.807, 2.05) is 6.92 Å². The Hall–Kier alpha value is -1.10. The molecule has 0 aromatic rings. The van der Waals surface area contributed by atoms with Crippen LogP contribution in [0, 0.1) is 11.8 Å². The molecule has 4 atom stereocenters. The third-order valence-corrected chi connectivity index (χ3v) is 3.14. The maximum Gasteiger partial charge on any atom is 0.308 e. The molecule has 0 radical (unpaired) electrons. The number of nitrogens with zero attached hydrogens (tertiary/aromatic N) is 1. The fraction of sp³-hybridized carbons (Fsp3) is 0.778. The predicted octanol–water partition coefficient (Wildman–Crippen LogP) is 0.199. The Balaban J connectivity index is 2.17.